The van der Waals surface area contributed by atoms with Gasteiger partial charge in [0.05, 0.1) is 5.69 Å². The van der Waals surface area contributed by atoms with Gasteiger partial charge in [-0.1, -0.05) is 30.3 Å². The van der Waals surface area contributed by atoms with Crippen molar-refractivity contribution in [2.24, 2.45) is 7.05 Å². The molecule has 5 heteroatoms. The molecule has 0 saturated heterocycles. The van der Waals surface area contributed by atoms with Crippen molar-refractivity contribution in [1.29, 1.82) is 0 Å². The van der Waals surface area contributed by atoms with E-state index >= 15 is 0 Å². The number of thiophene rings is 1. The van der Waals surface area contributed by atoms with Gasteiger partial charge in [-0.3, -0.25) is 9.48 Å². The Balaban J connectivity index is 1.61. The second-order valence-electron chi connectivity index (χ2n) is 5.73. The van der Waals surface area contributed by atoms with Crippen LogP contribution in [-0.4, -0.2) is 15.7 Å². The van der Waals surface area contributed by atoms with E-state index in [9.17, 15) is 4.79 Å². The molecule has 116 valence electrons. The summed E-state index contributed by atoms with van der Waals surface area (Å²) >= 11 is 1.78. The number of carbonyl (C=O) groups excluding carboxylic acids is 1. The second-order valence-corrected chi connectivity index (χ2v) is 6.73. The summed E-state index contributed by atoms with van der Waals surface area (Å²) < 4.78 is 1.84. The fourth-order valence-corrected chi connectivity index (χ4v) is 4.05. The Morgan fingerprint density at radius 2 is 2.09 bits per heavy atom. The maximum atomic E-state index is 12.6. The molecule has 0 spiro atoms. The first-order chi connectivity index (χ1) is 11.2. The number of rotatable bonds is 3. The van der Waals surface area contributed by atoms with Crippen molar-refractivity contribution in [2.75, 3.05) is 0 Å². The van der Waals surface area contributed by atoms with Crippen LogP contribution in [0.2, 0.25) is 0 Å². The van der Waals surface area contributed by atoms with Crippen molar-refractivity contribution in [3.05, 3.63) is 63.5 Å². The quantitative estimate of drug-likeness (QED) is 0.805. The Kier molecular flexibility index (Phi) is 3.50. The topological polar surface area (TPSA) is 46.9 Å². The number of fused-ring (bicyclic) bond motifs is 3. The van der Waals surface area contributed by atoms with Gasteiger partial charge in [0.15, 0.2) is 5.69 Å². The van der Waals surface area contributed by atoms with Crippen LogP contribution in [0.1, 0.15) is 26.5 Å². The van der Waals surface area contributed by atoms with Gasteiger partial charge in [-0.15, -0.1) is 11.3 Å². The second kappa shape index (κ2) is 5.66. The number of carbonyl (C=O) groups is 1. The van der Waals surface area contributed by atoms with Crippen LogP contribution in [0.5, 0.6) is 0 Å². The van der Waals surface area contributed by atoms with E-state index in [1.54, 1.807) is 11.3 Å². The van der Waals surface area contributed by atoms with Crippen molar-refractivity contribution < 1.29 is 4.79 Å². The lowest BCUT2D eigenvalue weighted by molar-refractivity contribution is 0.0944. The maximum absolute atomic E-state index is 12.6. The first-order valence-corrected chi connectivity index (χ1v) is 8.56. The van der Waals surface area contributed by atoms with Gasteiger partial charge in [0.25, 0.3) is 5.91 Å². The minimum atomic E-state index is -0.0932. The zero-order chi connectivity index (χ0) is 15.8. The molecule has 4 rings (SSSR count). The Hall–Kier alpha value is -2.40. The van der Waals surface area contributed by atoms with Crippen molar-refractivity contribution in [3.63, 3.8) is 0 Å². The van der Waals surface area contributed by atoms with Gasteiger partial charge in [-0.05, 0) is 29.9 Å². The number of benzene rings is 1. The normalized spacial score (nSPS) is 12.6. The van der Waals surface area contributed by atoms with E-state index in [2.05, 4.69) is 21.9 Å². The molecule has 1 aromatic carbocycles. The standard InChI is InChI=1S/C18H17N3OS/c1-21-17-13-9-10-23-15(13)8-7-14(17)16(20-21)18(22)19-11-12-5-3-2-4-6-12/h2-6,9-10H,7-8,11H2,1H3,(H,19,22). The predicted octanol–water partition coefficient (Wildman–Crippen LogP) is 3.18. The number of hydrogen-bond donors (Lipinski definition) is 1. The first-order valence-electron chi connectivity index (χ1n) is 7.69. The van der Waals surface area contributed by atoms with Crippen LogP contribution in [0, 0.1) is 0 Å². The van der Waals surface area contributed by atoms with E-state index in [1.807, 2.05) is 42.1 Å². The summed E-state index contributed by atoms with van der Waals surface area (Å²) in [5, 5.41) is 9.59. The molecule has 0 aliphatic heterocycles. The van der Waals surface area contributed by atoms with Gasteiger partial charge in [0.1, 0.15) is 0 Å². The number of hydrogen-bond acceptors (Lipinski definition) is 3. The van der Waals surface area contributed by atoms with Crippen LogP contribution >= 0.6 is 11.3 Å². The smallest absolute Gasteiger partial charge is 0.272 e. The number of nitrogens with one attached hydrogen (secondary N) is 1. The molecule has 0 unspecified atom stereocenters. The summed E-state index contributed by atoms with van der Waals surface area (Å²) in [6, 6.07) is 12.1. The van der Waals surface area contributed by atoms with Crippen LogP contribution < -0.4 is 5.32 Å². The van der Waals surface area contributed by atoms with Crippen LogP contribution in [-0.2, 0) is 26.4 Å². The minimum Gasteiger partial charge on any atom is -0.347 e. The monoisotopic (exact) mass is 323 g/mol. The Morgan fingerprint density at radius 1 is 1.26 bits per heavy atom. The van der Waals surface area contributed by atoms with Gasteiger partial charge in [-0.2, -0.15) is 5.10 Å². The lowest BCUT2D eigenvalue weighted by Gasteiger charge is -2.13. The highest BCUT2D eigenvalue weighted by Crippen LogP contribution is 2.37. The average Bonchev–Trinajstić information content (AvgIpc) is 3.17. The molecule has 0 bridgehead atoms. The third-order valence-corrected chi connectivity index (χ3v) is 5.24. The Labute approximate surface area is 138 Å². The molecule has 2 aromatic heterocycles. The fourth-order valence-electron chi connectivity index (χ4n) is 3.17. The van der Waals surface area contributed by atoms with Gasteiger partial charge in [-0.25, -0.2) is 0 Å². The lowest BCUT2D eigenvalue weighted by Crippen LogP contribution is -2.24. The molecule has 23 heavy (non-hydrogen) atoms. The third-order valence-electron chi connectivity index (χ3n) is 4.26. The molecular weight excluding hydrogens is 306 g/mol. The molecule has 1 aliphatic rings. The van der Waals surface area contributed by atoms with E-state index in [0.717, 1.165) is 29.7 Å². The highest BCUT2D eigenvalue weighted by molar-refractivity contribution is 7.10. The summed E-state index contributed by atoms with van der Waals surface area (Å²) in [6.07, 6.45) is 1.87. The molecule has 4 nitrogen and oxygen atoms in total. The molecular formula is C18H17N3OS. The molecule has 0 atom stereocenters. The van der Waals surface area contributed by atoms with Crippen LogP contribution in [0.25, 0.3) is 11.3 Å². The molecule has 2 heterocycles. The largest absolute Gasteiger partial charge is 0.347 e. The molecule has 3 aromatic rings. The van der Waals surface area contributed by atoms with Crippen LogP contribution in [0.15, 0.2) is 41.8 Å². The fraction of sp³-hybridized carbons (Fsp3) is 0.222. The highest BCUT2D eigenvalue weighted by atomic mass is 32.1. The average molecular weight is 323 g/mol. The van der Waals surface area contributed by atoms with E-state index in [-0.39, 0.29) is 5.91 Å². The summed E-state index contributed by atoms with van der Waals surface area (Å²) in [6.45, 7) is 0.523. The molecule has 1 aliphatic carbocycles. The van der Waals surface area contributed by atoms with E-state index in [0.29, 0.717) is 12.2 Å². The molecule has 1 amide bonds. The van der Waals surface area contributed by atoms with Crippen LogP contribution in [0.3, 0.4) is 0 Å². The number of aromatic nitrogens is 2. The van der Waals surface area contributed by atoms with Crippen molar-refractivity contribution >= 4 is 17.2 Å². The SMILES string of the molecule is Cn1nc(C(=O)NCc2ccccc2)c2c1-c1ccsc1CC2. The Bertz CT molecular complexity index is 864. The van der Waals surface area contributed by atoms with E-state index < -0.39 is 0 Å². The van der Waals surface area contributed by atoms with Gasteiger partial charge in [0, 0.05) is 29.6 Å². The molecule has 0 fully saturated rings. The first kappa shape index (κ1) is 14.2. The molecule has 0 saturated carbocycles. The maximum Gasteiger partial charge on any atom is 0.272 e. The van der Waals surface area contributed by atoms with Gasteiger partial charge < -0.3 is 5.32 Å². The third kappa shape index (κ3) is 2.47. The van der Waals surface area contributed by atoms with Crippen molar-refractivity contribution in [2.45, 2.75) is 19.4 Å². The molecule has 0 radical (unpaired) electrons. The van der Waals surface area contributed by atoms with Gasteiger partial charge >= 0.3 is 0 Å². The zero-order valence-corrected chi connectivity index (χ0v) is 13.7. The summed E-state index contributed by atoms with van der Waals surface area (Å²) in [5.41, 5.74) is 5.05. The molecule has 1 N–H and O–H groups in total. The van der Waals surface area contributed by atoms with Crippen molar-refractivity contribution in [3.8, 4) is 11.3 Å². The van der Waals surface area contributed by atoms with Gasteiger partial charge in [0.2, 0.25) is 0 Å². The summed E-state index contributed by atoms with van der Waals surface area (Å²) in [5.74, 6) is -0.0932. The number of aryl methyl sites for hydroxylation is 2. The van der Waals surface area contributed by atoms with Crippen molar-refractivity contribution in [1.82, 2.24) is 15.1 Å². The number of amides is 1. The van der Waals surface area contributed by atoms with E-state index in [1.165, 1.54) is 10.4 Å². The lowest BCUT2D eigenvalue weighted by atomic mass is 9.94. The summed E-state index contributed by atoms with van der Waals surface area (Å²) in [4.78, 5) is 14.0. The summed E-state index contributed by atoms with van der Waals surface area (Å²) in [7, 11) is 1.92. The number of nitrogens with zero attached hydrogens (tertiary/aromatic N) is 2. The predicted molar refractivity (Wildman–Crippen MR) is 91.5 cm³/mol. The Morgan fingerprint density at radius 3 is 2.91 bits per heavy atom. The van der Waals surface area contributed by atoms with E-state index in [4.69, 9.17) is 0 Å². The van der Waals surface area contributed by atoms with Crippen LogP contribution in [0.4, 0.5) is 0 Å². The zero-order valence-electron chi connectivity index (χ0n) is 12.9. The highest BCUT2D eigenvalue weighted by Gasteiger charge is 2.27. The minimum absolute atomic E-state index is 0.0932.